The van der Waals surface area contributed by atoms with Crippen LogP contribution in [0.2, 0.25) is 0 Å². The minimum Gasteiger partial charge on any atom is -0.355 e. The van der Waals surface area contributed by atoms with Crippen molar-refractivity contribution < 1.29 is 4.52 Å². The van der Waals surface area contributed by atoms with Crippen molar-refractivity contribution in [3.8, 4) is 11.1 Å². The number of anilines is 1. The van der Waals surface area contributed by atoms with Gasteiger partial charge >= 0.3 is 0 Å². The van der Waals surface area contributed by atoms with Crippen LogP contribution < -0.4 is 4.90 Å². The van der Waals surface area contributed by atoms with E-state index < -0.39 is 0 Å². The van der Waals surface area contributed by atoms with Gasteiger partial charge in [-0.15, -0.1) is 11.8 Å². The summed E-state index contributed by atoms with van der Waals surface area (Å²) in [5.74, 6) is 3.15. The van der Waals surface area contributed by atoms with Gasteiger partial charge in [0.15, 0.2) is 11.6 Å². The molecule has 0 N–H and O–H groups in total. The summed E-state index contributed by atoms with van der Waals surface area (Å²) in [6.45, 7) is 5.98. The molecule has 0 unspecified atom stereocenters. The lowest BCUT2D eigenvalue weighted by Gasteiger charge is -2.31. The van der Waals surface area contributed by atoms with E-state index >= 15 is 0 Å². The fourth-order valence-corrected chi connectivity index (χ4v) is 4.82. The third-order valence-corrected chi connectivity index (χ3v) is 7.00. The van der Waals surface area contributed by atoms with Crippen LogP contribution in [0.5, 0.6) is 0 Å². The molecule has 1 aliphatic rings. The SMILES string of the molecule is CSc1ccc(-c2cn(C)c3c(N4CCC(c5nc(C(C)C)no5)CC4)ncnc23)cc1. The Kier molecular flexibility index (Phi) is 5.63. The number of aromatic nitrogens is 5. The van der Waals surface area contributed by atoms with E-state index in [0.29, 0.717) is 5.92 Å². The molecule has 4 heterocycles. The molecule has 1 aromatic carbocycles. The standard InChI is InChI=1S/C24H28N6OS/c1-15(2)22-27-24(31-28-22)17-9-11-30(12-10-17)23-21-20(25-14-26-23)19(13-29(21)3)16-5-7-18(32-4)8-6-16/h5-8,13-15,17H,9-12H2,1-4H3. The predicted octanol–water partition coefficient (Wildman–Crippen LogP) is 5.25. The van der Waals surface area contributed by atoms with Gasteiger partial charge in [0.2, 0.25) is 5.89 Å². The van der Waals surface area contributed by atoms with Crippen LogP contribution in [0.15, 0.2) is 46.2 Å². The third kappa shape index (κ3) is 3.77. The first-order valence-corrected chi connectivity index (χ1v) is 12.3. The van der Waals surface area contributed by atoms with Crippen LogP contribution in [-0.4, -0.2) is 44.0 Å². The smallest absolute Gasteiger partial charge is 0.229 e. The second-order valence-corrected chi connectivity index (χ2v) is 9.56. The first kappa shape index (κ1) is 21.0. The van der Waals surface area contributed by atoms with Crippen LogP contribution in [0, 0.1) is 0 Å². The molecule has 4 aromatic rings. The van der Waals surface area contributed by atoms with Crippen molar-refractivity contribution in [2.45, 2.75) is 43.4 Å². The molecule has 0 bridgehead atoms. The molecule has 0 amide bonds. The molecular weight excluding hydrogens is 420 g/mol. The van der Waals surface area contributed by atoms with Crippen LogP contribution in [-0.2, 0) is 7.05 Å². The van der Waals surface area contributed by atoms with E-state index in [1.807, 2.05) is 0 Å². The maximum Gasteiger partial charge on any atom is 0.229 e. The zero-order chi connectivity index (χ0) is 22.2. The van der Waals surface area contributed by atoms with E-state index in [1.165, 1.54) is 10.5 Å². The van der Waals surface area contributed by atoms with Gasteiger partial charge in [0.25, 0.3) is 0 Å². The maximum atomic E-state index is 5.55. The number of aryl methyl sites for hydroxylation is 1. The van der Waals surface area contributed by atoms with Gasteiger partial charge in [-0.2, -0.15) is 4.98 Å². The summed E-state index contributed by atoms with van der Waals surface area (Å²) in [4.78, 5) is 17.6. The lowest BCUT2D eigenvalue weighted by atomic mass is 9.96. The average molecular weight is 449 g/mol. The lowest BCUT2D eigenvalue weighted by molar-refractivity contribution is 0.326. The van der Waals surface area contributed by atoms with Crippen LogP contribution in [0.4, 0.5) is 5.82 Å². The van der Waals surface area contributed by atoms with Gasteiger partial charge in [0, 0.05) is 48.6 Å². The number of fused-ring (bicyclic) bond motifs is 1. The van der Waals surface area contributed by atoms with Crippen LogP contribution in [0.25, 0.3) is 22.2 Å². The van der Waals surface area contributed by atoms with Crippen molar-refractivity contribution in [1.29, 1.82) is 0 Å². The van der Waals surface area contributed by atoms with Gasteiger partial charge in [0.1, 0.15) is 17.4 Å². The van der Waals surface area contributed by atoms with Gasteiger partial charge < -0.3 is 14.0 Å². The molecule has 0 atom stereocenters. The van der Waals surface area contributed by atoms with Crippen molar-refractivity contribution >= 4 is 28.6 Å². The second-order valence-electron chi connectivity index (χ2n) is 8.68. The van der Waals surface area contributed by atoms with Crippen molar-refractivity contribution in [2.75, 3.05) is 24.2 Å². The topological polar surface area (TPSA) is 72.9 Å². The normalized spacial score (nSPS) is 15.2. The molecule has 166 valence electrons. The van der Waals surface area contributed by atoms with E-state index in [1.54, 1.807) is 18.1 Å². The summed E-state index contributed by atoms with van der Waals surface area (Å²) in [5, 5.41) is 4.14. The summed E-state index contributed by atoms with van der Waals surface area (Å²) in [5.41, 5.74) is 4.39. The summed E-state index contributed by atoms with van der Waals surface area (Å²) in [7, 11) is 2.08. The summed E-state index contributed by atoms with van der Waals surface area (Å²) < 4.78 is 7.71. The van der Waals surface area contributed by atoms with E-state index in [0.717, 1.165) is 60.1 Å². The van der Waals surface area contributed by atoms with Gasteiger partial charge in [-0.3, -0.25) is 0 Å². The van der Waals surface area contributed by atoms with E-state index in [4.69, 9.17) is 9.51 Å². The molecule has 1 fully saturated rings. The zero-order valence-electron chi connectivity index (χ0n) is 18.9. The molecule has 32 heavy (non-hydrogen) atoms. The molecule has 1 aliphatic heterocycles. The van der Waals surface area contributed by atoms with Crippen molar-refractivity contribution in [3.63, 3.8) is 0 Å². The van der Waals surface area contributed by atoms with E-state index in [2.05, 4.69) is 82.2 Å². The van der Waals surface area contributed by atoms with Crippen molar-refractivity contribution in [2.24, 2.45) is 7.05 Å². The fraction of sp³-hybridized carbons (Fsp3) is 0.417. The van der Waals surface area contributed by atoms with Gasteiger partial charge in [-0.1, -0.05) is 31.1 Å². The lowest BCUT2D eigenvalue weighted by Crippen LogP contribution is -2.34. The Morgan fingerprint density at radius 1 is 1.09 bits per heavy atom. The van der Waals surface area contributed by atoms with Gasteiger partial charge in [-0.05, 0) is 36.8 Å². The Hall–Kier alpha value is -2.87. The number of thioether (sulfide) groups is 1. The highest BCUT2D eigenvalue weighted by molar-refractivity contribution is 7.98. The second kappa shape index (κ2) is 8.58. The molecule has 0 saturated carbocycles. The molecule has 8 heteroatoms. The molecule has 0 aliphatic carbocycles. The van der Waals surface area contributed by atoms with Gasteiger partial charge in [0.05, 0.1) is 0 Å². The predicted molar refractivity (Wildman–Crippen MR) is 128 cm³/mol. The average Bonchev–Trinajstić information content (AvgIpc) is 3.45. The highest BCUT2D eigenvalue weighted by atomic mass is 32.2. The number of rotatable bonds is 5. The van der Waals surface area contributed by atoms with Crippen LogP contribution in [0.1, 0.15) is 50.2 Å². The molecule has 0 radical (unpaired) electrons. The largest absolute Gasteiger partial charge is 0.355 e. The van der Waals surface area contributed by atoms with E-state index in [9.17, 15) is 0 Å². The van der Waals surface area contributed by atoms with Crippen molar-refractivity contribution in [3.05, 3.63) is 48.5 Å². The Balaban J connectivity index is 1.41. The van der Waals surface area contributed by atoms with Crippen LogP contribution in [0.3, 0.4) is 0 Å². The highest BCUT2D eigenvalue weighted by Crippen LogP contribution is 2.36. The molecule has 1 saturated heterocycles. The Bertz CT molecular complexity index is 1220. The quantitative estimate of drug-likeness (QED) is 0.386. The highest BCUT2D eigenvalue weighted by Gasteiger charge is 2.28. The summed E-state index contributed by atoms with van der Waals surface area (Å²) in [6, 6.07) is 8.66. The zero-order valence-corrected chi connectivity index (χ0v) is 19.8. The third-order valence-electron chi connectivity index (χ3n) is 6.25. The minimum absolute atomic E-state index is 0.283. The number of piperidine rings is 1. The summed E-state index contributed by atoms with van der Waals surface area (Å²) >= 11 is 1.75. The molecule has 3 aromatic heterocycles. The molecule has 5 rings (SSSR count). The first-order chi connectivity index (χ1) is 15.5. The minimum atomic E-state index is 0.283. The monoisotopic (exact) mass is 448 g/mol. The molecular formula is C24H28N6OS. The van der Waals surface area contributed by atoms with Gasteiger partial charge in [-0.25, -0.2) is 9.97 Å². The number of nitrogens with zero attached hydrogens (tertiary/aromatic N) is 6. The first-order valence-electron chi connectivity index (χ1n) is 11.1. The fourth-order valence-electron chi connectivity index (χ4n) is 4.41. The maximum absolute atomic E-state index is 5.55. The molecule has 0 spiro atoms. The molecule has 7 nitrogen and oxygen atoms in total. The number of hydrogen-bond donors (Lipinski definition) is 0. The Morgan fingerprint density at radius 2 is 1.84 bits per heavy atom. The van der Waals surface area contributed by atoms with Crippen molar-refractivity contribution in [1.82, 2.24) is 24.7 Å². The van der Waals surface area contributed by atoms with Crippen LogP contribution >= 0.6 is 11.8 Å². The van der Waals surface area contributed by atoms with E-state index in [-0.39, 0.29) is 5.92 Å². The number of benzene rings is 1. The summed E-state index contributed by atoms with van der Waals surface area (Å²) in [6.07, 6.45) is 7.89. The Labute approximate surface area is 192 Å². The number of hydrogen-bond acceptors (Lipinski definition) is 7. The Morgan fingerprint density at radius 3 is 2.50 bits per heavy atom.